The average Bonchev–Trinajstić information content (AvgIpc) is 2.23. The first kappa shape index (κ1) is 13.7. The molecule has 1 saturated heterocycles. The Balaban J connectivity index is 2.60. The van der Waals surface area contributed by atoms with E-state index in [1.165, 1.54) is 0 Å². The van der Waals surface area contributed by atoms with E-state index in [1.54, 1.807) is 4.67 Å². The number of hydrogen-bond acceptors (Lipinski definition) is 2. The molecule has 0 spiro atoms. The third-order valence-corrected chi connectivity index (χ3v) is 4.56. The van der Waals surface area contributed by atoms with E-state index in [0.29, 0.717) is 24.8 Å². The van der Waals surface area contributed by atoms with Gasteiger partial charge in [-0.25, -0.2) is 14.1 Å². The first-order valence-corrected chi connectivity index (χ1v) is 7.28. The van der Waals surface area contributed by atoms with Crippen LogP contribution < -0.4 is 5.09 Å². The Morgan fingerprint density at radius 3 is 2.47 bits per heavy atom. The number of alkyl halides is 3. The van der Waals surface area contributed by atoms with E-state index in [1.807, 2.05) is 0 Å². The van der Waals surface area contributed by atoms with E-state index in [4.69, 9.17) is 27.7 Å². The molecule has 90 valence electrons. The van der Waals surface area contributed by atoms with Gasteiger partial charge < -0.3 is 4.52 Å². The Kier molecular flexibility index (Phi) is 5.82. The molecule has 1 aliphatic rings. The smallest absolute Gasteiger partial charge is 0.303 e. The fourth-order valence-electron chi connectivity index (χ4n) is 1.25. The zero-order valence-electron chi connectivity index (χ0n) is 8.16. The number of rotatable bonds is 5. The van der Waals surface area contributed by atoms with Crippen LogP contribution in [0.1, 0.15) is 0 Å². The summed E-state index contributed by atoms with van der Waals surface area (Å²) < 4.78 is 31.5. The maximum atomic E-state index is 12.8. The van der Waals surface area contributed by atoms with Gasteiger partial charge in [0.2, 0.25) is 0 Å². The molecule has 0 aromatic carbocycles. The Morgan fingerprint density at radius 2 is 2.07 bits per heavy atom. The molecular weight excluding hydrogens is 265 g/mol. The molecule has 1 fully saturated rings. The second-order valence-electron chi connectivity index (χ2n) is 3.11. The van der Waals surface area contributed by atoms with Crippen LogP contribution in [0.3, 0.4) is 0 Å². The predicted molar refractivity (Wildman–Crippen MR) is 59.5 cm³/mol. The monoisotopic (exact) mass is 278 g/mol. The first-order valence-electron chi connectivity index (χ1n) is 4.63. The maximum absolute atomic E-state index is 12.8. The van der Waals surface area contributed by atoms with Crippen LogP contribution >= 0.6 is 30.9 Å². The van der Waals surface area contributed by atoms with Crippen molar-refractivity contribution in [3.05, 3.63) is 0 Å². The van der Waals surface area contributed by atoms with E-state index in [2.05, 4.69) is 5.09 Å². The Bertz CT molecular complexity index is 229. The van der Waals surface area contributed by atoms with E-state index in [0.717, 1.165) is 0 Å². The van der Waals surface area contributed by atoms with Crippen molar-refractivity contribution < 1.29 is 13.5 Å². The second kappa shape index (κ2) is 6.38. The maximum Gasteiger partial charge on any atom is 0.343 e. The van der Waals surface area contributed by atoms with Gasteiger partial charge in [0, 0.05) is 31.4 Å². The van der Waals surface area contributed by atoms with Gasteiger partial charge in [-0.15, -0.1) is 23.2 Å². The standard InChI is InChI=1S/C7H14Cl2FN2O2P/c8-1-3-12(4-2-9)15(13)11-5-7(10)6-14-15/h7H,1-6H2,(H,11,13)/t7?,15-/m0/s1. The van der Waals surface area contributed by atoms with Crippen LogP contribution in [-0.4, -0.2) is 48.8 Å². The van der Waals surface area contributed by atoms with Crippen LogP contribution in [0.25, 0.3) is 0 Å². The van der Waals surface area contributed by atoms with Gasteiger partial charge >= 0.3 is 7.67 Å². The number of nitrogens with one attached hydrogen (secondary N) is 1. The summed E-state index contributed by atoms with van der Waals surface area (Å²) in [6.07, 6.45) is -1.11. The SMILES string of the molecule is O=[P@@]1(N(CCCl)CCCl)NCC(F)CO1. The predicted octanol–water partition coefficient (Wildman–Crippen LogP) is 1.83. The zero-order chi connectivity index (χ0) is 11.3. The second-order valence-corrected chi connectivity index (χ2v) is 6.04. The zero-order valence-corrected chi connectivity index (χ0v) is 10.6. The largest absolute Gasteiger partial charge is 0.343 e. The molecule has 1 unspecified atom stereocenters. The normalized spacial score (nSPS) is 32.1. The van der Waals surface area contributed by atoms with Crippen LogP contribution in [0, 0.1) is 0 Å². The van der Waals surface area contributed by atoms with Crippen molar-refractivity contribution in [2.24, 2.45) is 0 Å². The first-order chi connectivity index (χ1) is 7.12. The highest BCUT2D eigenvalue weighted by atomic mass is 35.5. The van der Waals surface area contributed by atoms with Gasteiger partial charge in [0.05, 0.1) is 6.61 Å². The Hall–Kier alpha value is 0.620. The molecule has 4 nitrogen and oxygen atoms in total. The summed E-state index contributed by atoms with van der Waals surface area (Å²) >= 11 is 11.2. The number of hydrogen-bond donors (Lipinski definition) is 1. The number of halogens is 3. The minimum Gasteiger partial charge on any atom is -0.303 e. The van der Waals surface area contributed by atoms with E-state index < -0.39 is 13.8 Å². The fourth-order valence-corrected chi connectivity index (χ4v) is 3.87. The van der Waals surface area contributed by atoms with Crippen molar-refractivity contribution in [3.8, 4) is 0 Å². The van der Waals surface area contributed by atoms with Gasteiger partial charge in [-0.2, -0.15) is 0 Å². The highest BCUT2D eigenvalue weighted by Gasteiger charge is 2.36. The van der Waals surface area contributed by atoms with Crippen LogP contribution in [-0.2, 0) is 9.09 Å². The van der Waals surface area contributed by atoms with E-state index in [9.17, 15) is 8.96 Å². The Morgan fingerprint density at radius 1 is 1.47 bits per heavy atom. The molecular formula is C7H14Cl2FN2O2P. The lowest BCUT2D eigenvalue weighted by molar-refractivity contribution is 0.151. The number of nitrogens with zero attached hydrogens (tertiary/aromatic N) is 1. The molecule has 0 aromatic rings. The van der Waals surface area contributed by atoms with Gasteiger partial charge in [-0.3, -0.25) is 4.57 Å². The highest BCUT2D eigenvalue weighted by molar-refractivity contribution is 7.54. The molecule has 0 aliphatic carbocycles. The van der Waals surface area contributed by atoms with Crippen LogP contribution in [0.15, 0.2) is 0 Å². The van der Waals surface area contributed by atoms with Crippen molar-refractivity contribution in [1.29, 1.82) is 0 Å². The van der Waals surface area contributed by atoms with Gasteiger partial charge in [-0.05, 0) is 0 Å². The van der Waals surface area contributed by atoms with Crippen molar-refractivity contribution >= 4 is 30.9 Å². The minimum absolute atomic E-state index is 0.0400. The molecule has 1 N–H and O–H groups in total. The van der Waals surface area contributed by atoms with E-state index >= 15 is 0 Å². The highest BCUT2D eigenvalue weighted by Crippen LogP contribution is 2.48. The lowest BCUT2D eigenvalue weighted by Gasteiger charge is -2.34. The van der Waals surface area contributed by atoms with Crippen LogP contribution in [0.5, 0.6) is 0 Å². The van der Waals surface area contributed by atoms with Crippen molar-refractivity contribution in [2.45, 2.75) is 6.17 Å². The quantitative estimate of drug-likeness (QED) is 0.616. The van der Waals surface area contributed by atoms with Crippen molar-refractivity contribution in [1.82, 2.24) is 9.76 Å². The minimum atomic E-state index is -3.12. The third-order valence-electron chi connectivity index (χ3n) is 2.00. The molecule has 0 aromatic heterocycles. The van der Waals surface area contributed by atoms with Crippen LogP contribution in [0.2, 0.25) is 0 Å². The molecule has 0 bridgehead atoms. The molecule has 1 rings (SSSR count). The van der Waals surface area contributed by atoms with Crippen LogP contribution in [0.4, 0.5) is 4.39 Å². The molecule has 15 heavy (non-hydrogen) atoms. The van der Waals surface area contributed by atoms with Gasteiger partial charge in [0.15, 0.2) is 0 Å². The van der Waals surface area contributed by atoms with E-state index in [-0.39, 0.29) is 13.2 Å². The molecule has 8 heteroatoms. The van der Waals surface area contributed by atoms with Crippen molar-refractivity contribution in [3.63, 3.8) is 0 Å². The fraction of sp³-hybridized carbons (Fsp3) is 1.00. The lowest BCUT2D eigenvalue weighted by Crippen LogP contribution is -2.40. The Labute approximate surface area is 98.6 Å². The van der Waals surface area contributed by atoms with Gasteiger partial charge in [0.25, 0.3) is 0 Å². The molecule has 2 atom stereocenters. The summed E-state index contributed by atoms with van der Waals surface area (Å²) in [4.78, 5) is 0. The topological polar surface area (TPSA) is 41.6 Å². The summed E-state index contributed by atoms with van der Waals surface area (Å²) in [7, 11) is -3.12. The third kappa shape index (κ3) is 3.84. The molecule has 0 radical (unpaired) electrons. The summed E-state index contributed by atoms with van der Waals surface area (Å²) in [6.45, 7) is 0.689. The summed E-state index contributed by atoms with van der Waals surface area (Å²) in [6, 6.07) is 0. The average molecular weight is 279 g/mol. The lowest BCUT2D eigenvalue weighted by atomic mass is 10.4. The van der Waals surface area contributed by atoms with Crippen molar-refractivity contribution in [2.75, 3.05) is 38.0 Å². The molecule has 1 aliphatic heterocycles. The summed E-state index contributed by atoms with van der Waals surface area (Å²) in [5, 5.41) is 2.58. The molecule has 1 heterocycles. The van der Waals surface area contributed by atoms with Gasteiger partial charge in [0.1, 0.15) is 6.17 Å². The summed E-state index contributed by atoms with van der Waals surface area (Å²) in [5.74, 6) is 0.649. The molecule has 0 saturated carbocycles. The molecule has 0 amide bonds. The van der Waals surface area contributed by atoms with Gasteiger partial charge in [-0.1, -0.05) is 0 Å². The summed E-state index contributed by atoms with van der Waals surface area (Å²) in [5.41, 5.74) is 0.